The van der Waals surface area contributed by atoms with Crippen LogP contribution in [0.5, 0.6) is 0 Å². The van der Waals surface area contributed by atoms with Gasteiger partial charge in [0.05, 0.1) is 0 Å². The van der Waals surface area contributed by atoms with Gasteiger partial charge in [-0.3, -0.25) is 5.10 Å². The molecule has 0 spiro atoms. The van der Waals surface area contributed by atoms with Crippen LogP contribution in [0.3, 0.4) is 0 Å². The van der Waals surface area contributed by atoms with Crippen LogP contribution in [0.1, 0.15) is 22.5 Å². The molecule has 0 unspecified atom stereocenters. The topological polar surface area (TPSA) is 120 Å². The van der Waals surface area contributed by atoms with Gasteiger partial charge in [0.25, 0.3) is 0 Å². The molecule has 2 amide bonds. The van der Waals surface area contributed by atoms with Gasteiger partial charge in [-0.2, -0.15) is 10.1 Å². The third-order valence-electron chi connectivity index (χ3n) is 4.82. The summed E-state index contributed by atoms with van der Waals surface area (Å²) in [6, 6.07) is 16.7. The number of carbonyl (C=O) groups excluding carboxylic acids is 1. The van der Waals surface area contributed by atoms with Crippen molar-refractivity contribution in [2.45, 2.75) is 27.7 Å². The lowest BCUT2D eigenvalue weighted by Crippen LogP contribution is -2.19. The molecule has 2 aromatic heterocycles. The van der Waals surface area contributed by atoms with E-state index < -0.39 is 0 Å². The number of nitrogens with one attached hydrogen (secondary N) is 5. The number of rotatable bonds is 6. The van der Waals surface area contributed by atoms with Crippen LogP contribution < -0.4 is 21.3 Å². The number of anilines is 6. The molecular formula is C24H26N8O. The molecule has 0 saturated carbocycles. The normalized spacial score (nSPS) is 10.5. The second-order valence-corrected chi connectivity index (χ2v) is 7.88. The minimum Gasteiger partial charge on any atom is -0.324 e. The summed E-state index contributed by atoms with van der Waals surface area (Å²) in [4.78, 5) is 21.3. The van der Waals surface area contributed by atoms with Crippen LogP contribution in [0, 0.1) is 27.7 Å². The van der Waals surface area contributed by atoms with Gasteiger partial charge in [-0.05, 0) is 69.2 Å². The first-order valence-corrected chi connectivity index (χ1v) is 10.5. The van der Waals surface area contributed by atoms with Crippen molar-refractivity contribution in [1.82, 2.24) is 20.2 Å². The Kier molecular flexibility index (Phi) is 6.21. The fourth-order valence-corrected chi connectivity index (χ4v) is 3.32. The van der Waals surface area contributed by atoms with Crippen molar-refractivity contribution in [3.05, 3.63) is 77.1 Å². The molecule has 0 aliphatic rings. The monoisotopic (exact) mass is 442 g/mol. The van der Waals surface area contributed by atoms with E-state index in [9.17, 15) is 4.79 Å². The lowest BCUT2D eigenvalue weighted by atomic mass is 10.2. The van der Waals surface area contributed by atoms with Crippen molar-refractivity contribution in [2.24, 2.45) is 0 Å². The highest BCUT2D eigenvalue weighted by Gasteiger charge is 2.09. The van der Waals surface area contributed by atoms with Crippen LogP contribution in [-0.4, -0.2) is 26.2 Å². The highest BCUT2D eigenvalue weighted by atomic mass is 16.2. The molecule has 2 aromatic carbocycles. The smallest absolute Gasteiger partial charge is 0.323 e. The summed E-state index contributed by atoms with van der Waals surface area (Å²) in [5.74, 6) is 1.79. The molecule has 0 bridgehead atoms. The Hall–Kier alpha value is -4.40. The maximum atomic E-state index is 12.3. The fourth-order valence-electron chi connectivity index (χ4n) is 3.32. The van der Waals surface area contributed by atoms with Crippen LogP contribution in [0.4, 0.5) is 39.4 Å². The Balaban J connectivity index is 1.43. The molecule has 0 aliphatic heterocycles. The standard InChI is InChI=1S/C24H26N8O/c1-14-6-5-7-18(10-14)26-24(33)27-19-8-9-20(15(2)11-19)28-23-25-16(3)12-21(30-23)29-22-13-17(4)31-32-22/h5-13H,1-4H3,(H2,26,27,33)(H3,25,28,29,30,31,32). The van der Waals surface area contributed by atoms with Gasteiger partial charge >= 0.3 is 6.03 Å². The van der Waals surface area contributed by atoms with E-state index in [4.69, 9.17) is 0 Å². The quantitative estimate of drug-likeness (QED) is 0.266. The van der Waals surface area contributed by atoms with Crippen molar-refractivity contribution >= 4 is 40.7 Å². The summed E-state index contributed by atoms with van der Waals surface area (Å²) < 4.78 is 0. The van der Waals surface area contributed by atoms with Gasteiger partial charge < -0.3 is 21.3 Å². The summed E-state index contributed by atoms with van der Waals surface area (Å²) in [6.07, 6.45) is 0. The van der Waals surface area contributed by atoms with Crippen molar-refractivity contribution in [3.8, 4) is 0 Å². The van der Waals surface area contributed by atoms with E-state index in [0.717, 1.165) is 33.9 Å². The van der Waals surface area contributed by atoms with E-state index in [1.807, 2.05) is 82.3 Å². The second-order valence-electron chi connectivity index (χ2n) is 7.88. The van der Waals surface area contributed by atoms with Crippen LogP contribution in [0.25, 0.3) is 0 Å². The number of aromatic nitrogens is 4. The largest absolute Gasteiger partial charge is 0.324 e. The molecule has 0 aliphatic carbocycles. The third-order valence-corrected chi connectivity index (χ3v) is 4.82. The van der Waals surface area contributed by atoms with Gasteiger partial charge in [-0.15, -0.1) is 0 Å². The first-order valence-electron chi connectivity index (χ1n) is 10.5. The molecule has 0 saturated heterocycles. The zero-order chi connectivity index (χ0) is 23.4. The summed E-state index contributed by atoms with van der Waals surface area (Å²) in [6.45, 7) is 7.77. The maximum absolute atomic E-state index is 12.3. The Bertz CT molecular complexity index is 1300. The summed E-state index contributed by atoms with van der Waals surface area (Å²) in [7, 11) is 0. The number of amides is 2. The van der Waals surface area contributed by atoms with Crippen molar-refractivity contribution in [1.29, 1.82) is 0 Å². The summed E-state index contributed by atoms with van der Waals surface area (Å²) in [5.41, 5.74) is 6.05. The first kappa shape index (κ1) is 21.8. The molecule has 4 rings (SSSR count). The average molecular weight is 443 g/mol. The lowest BCUT2D eigenvalue weighted by molar-refractivity contribution is 0.262. The minimum atomic E-state index is -0.299. The van der Waals surface area contributed by atoms with E-state index >= 15 is 0 Å². The number of nitrogens with zero attached hydrogens (tertiary/aromatic N) is 3. The van der Waals surface area contributed by atoms with Crippen molar-refractivity contribution in [2.75, 3.05) is 21.3 Å². The maximum Gasteiger partial charge on any atom is 0.323 e. The second kappa shape index (κ2) is 9.39. The van der Waals surface area contributed by atoms with Gasteiger partial charge in [0.1, 0.15) is 5.82 Å². The molecule has 0 fully saturated rings. The molecule has 4 aromatic rings. The van der Waals surface area contributed by atoms with Gasteiger partial charge in [-0.25, -0.2) is 9.78 Å². The van der Waals surface area contributed by atoms with Crippen molar-refractivity contribution in [3.63, 3.8) is 0 Å². The van der Waals surface area contributed by atoms with Gasteiger partial charge in [0.15, 0.2) is 5.82 Å². The molecule has 33 heavy (non-hydrogen) atoms. The number of benzene rings is 2. The van der Waals surface area contributed by atoms with E-state index in [1.54, 1.807) is 0 Å². The highest BCUT2D eigenvalue weighted by Crippen LogP contribution is 2.24. The van der Waals surface area contributed by atoms with E-state index in [1.165, 1.54) is 0 Å². The number of H-pyrrole nitrogens is 1. The molecule has 2 heterocycles. The molecule has 5 N–H and O–H groups in total. The Morgan fingerprint density at radius 3 is 2.30 bits per heavy atom. The lowest BCUT2D eigenvalue weighted by Gasteiger charge is -2.13. The third kappa shape index (κ3) is 5.85. The van der Waals surface area contributed by atoms with Crippen LogP contribution in [0.15, 0.2) is 54.6 Å². The Labute approximate surface area is 192 Å². The van der Waals surface area contributed by atoms with Crippen LogP contribution in [-0.2, 0) is 0 Å². The zero-order valence-electron chi connectivity index (χ0n) is 18.9. The van der Waals surface area contributed by atoms with Gasteiger partial charge in [-0.1, -0.05) is 12.1 Å². The van der Waals surface area contributed by atoms with Gasteiger partial charge in [0, 0.05) is 40.6 Å². The fraction of sp³-hybridized carbons (Fsp3) is 0.167. The minimum absolute atomic E-state index is 0.299. The average Bonchev–Trinajstić information content (AvgIpc) is 3.14. The molecule has 9 nitrogen and oxygen atoms in total. The number of aryl methyl sites for hydroxylation is 4. The predicted molar refractivity (Wildman–Crippen MR) is 132 cm³/mol. The summed E-state index contributed by atoms with van der Waals surface area (Å²) >= 11 is 0. The number of carbonyl (C=O) groups is 1. The molecule has 168 valence electrons. The molecular weight excluding hydrogens is 416 g/mol. The van der Waals surface area contributed by atoms with Crippen LogP contribution in [0.2, 0.25) is 0 Å². The molecule has 0 radical (unpaired) electrons. The van der Waals surface area contributed by atoms with E-state index in [0.29, 0.717) is 23.3 Å². The van der Waals surface area contributed by atoms with Crippen LogP contribution >= 0.6 is 0 Å². The zero-order valence-corrected chi connectivity index (χ0v) is 18.9. The summed E-state index contributed by atoms with van der Waals surface area (Å²) in [5, 5.41) is 19.2. The Morgan fingerprint density at radius 2 is 1.61 bits per heavy atom. The number of hydrogen-bond acceptors (Lipinski definition) is 6. The number of hydrogen-bond donors (Lipinski definition) is 5. The SMILES string of the molecule is Cc1cccc(NC(=O)Nc2ccc(Nc3nc(C)cc(Nc4cc(C)[nH]n4)n3)c(C)c2)c1. The molecule has 0 atom stereocenters. The number of urea groups is 1. The van der Waals surface area contributed by atoms with Crippen molar-refractivity contribution < 1.29 is 4.79 Å². The highest BCUT2D eigenvalue weighted by molar-refractivity contribution is 6.00. The van der Waals surface area contributed by atoms with E-state index in [-0.39, 0.29) is 6.03 Å². The Morgan fingerprint density at radius 1 is 0.818 bits per heavy atom. The molecule has 9 heteroatoms. The predicted octanol–water partition coefficient (Wildman–Crippen LogP) is 5.56. The number of aromatic amines is 1. The van der Waals surface area contributed by atoms with E-state index in [2.05, 4.69) is 41.4 Å². The first-order chi connectivity index (χ1) is 15.8. The van der Waals surface area contributed by atoms with Gasteiger partial charge in [0.2, 0.25) is 5.95 Å².